The lowest BCUT2D eigenvalue weighted by molar-refractivity contribution is 0.669. The van der Waals surface area contributed by atoms with E-state index in [1.165, 1.54) is 75.6 Å². The molecule has 10 aromatic rings. The molecule has 1 aliphatic heterocycles. The molecule has 0 fully saturated rings. The fourth-order valence-electron chi connectivity index (χ4n) is 8.65. The summed E-state index contributed by atoms with van der Waals surface area (Å²) >= 11 is 1.93. The number of thiophene rings is 1. The van der Waals surface area contributed by atoms with Gasteiger partial charge in [-0.3, -0.25) is 0 Å². The molecular weight excluding hydrogens is 665 g/mol. The van der Waals surface area contributed by atoms with Crippen LogP contribution in [-0.4, -0.2) is 25.9 Å². The maximum Gasteiger partial charge on any atom is 0.211 e. The molecule has 4 heterocycles. The second-order valence-corrected chi connectivity index (χ2v) is 15.6. The fourth-order valence-corrected chi connectivity index (χ4v) is 9.83. The molecule has 1 aliphatic rings. The lowest BCUT2D eigenvalue weighted by Gasteiger charge is -2.23. The Morgan fingerprint density at radius 3 is 2.26 bits per heavy atom. The van der Waals surface area contributed by atoms with Gasteiger partial charge in [0.25, 0.3) is 0 Å². The van der Waals surface area contributed by atoms with Gasteiger partial charge in [0.15, 0.2) is 0 Å². The topological polar surface area (TPSA) is 33.3 Å². The zero-order valence-corrected chi connectivity index (χ0v) is 30.5. The van der Waals surface area contributed by atoms with E-state index in [2.05, 4.69) is 169 Å². The van der Waals surface area contributed by atoms with E-state index in [9.17, 15) is 0 Å². The molecule has 7 aromatic carbocycles. The first-order valence-electron chi connectivity index (χ1n) is 18.2. The molecule has 0 saturated carbocycles. The molecule has 11 rings (SSSR count). The molecule has 0 unspecified atom stereocenters. The SMILES string of the molecule is Cc1cc(-c2cc3c(cc2Nc2ccc(N(C)C)cc2)oc2ccccc23)c2c3c1c1ccccc1n3-c1c(sc3ccc(-c4ccccc4)cc13)B2. The smallest absolute Gasteiger partial charge is 0.211 e. The quantitative estimate of drug-likeness (QED) is 0.182. The zero-order valence-electron chi connectivity index (χ0n) is 29.7. The van der Waals surface area contributed by atoms with E-state index in [1.807, 2.05) is 17.4 Å². The highest BCUT2D eigenvalue weighted by Crippen LogP contribution is 2.44. The number of hydrogen-bond acceptors (Lipinski definition) is 4. The number of furan rings is 1. The Kier molecular flexibility index (Phi) is 6.53. The van der Waals surface area contributed by atoms with Crippen LogP contribution in [-0.2, 0) is 0 Å². The van der Waals surface area contributed by atoms with Crippen molar-refractivity contribution in [3.63, 3.8) is 0 Å². The molecule has 0 amide bonds. The fraction of sp³-hybridized carbons (Fsp3) is 0.0638. The number of rotatable bonds is 5. The van der Waals surface area contributed by atoms with Crippen molar-refractivity contribution in [1.29, 1.82) is 0 Å². The van der Waals surface area contributed by atoms with Gasteiger partial charge in [0.1, 0.15) is 11.2 Å². The summed E-state index contributed by atoms with van der Waals surface area (Å²) in [6.45, 7) is 2.28. The number of aryl methyl sites for hydroxylation is 1. The van der Waals surface area contributed by atoms with E-state index in [1.54, 1.807) is 0 Å². The van der Waals surface area contributed by atoms with Crippen LogP contribution in [0, 0.1) is 6.92 Å². The zero-order chi connectivity index (χ0) is 35.4. The number of nitrogens with zero attached hydrogens (tertiary/aromatic N) is 2. The summed E-state index contributed by atoms with van der Waals surface area (Å²) < 4.78 is 11.8. The van der Waals surface area contributed by atoms with Gasteiger partial charge in [-0.05, 0) is 94.0 Å². The van der Waals surface area contributed by atoms with Gasteiger partial charge in [0, 0.05) is 74.2 Å². The first-order chi connectivity index (χ1) is 26.0. The number of benzene rings is 7. The minimum atomic E-state index is 0.860. The number of anilines is 3. The van der Waals surface area contributed by atoms with Crippen molar-refractivity contribution in [3.8, 4) is 27.9 Å². The number of fused-ring (bicyclic) bond motifs is 10. The van der Waals surface area contributed by atoms with Crippen LogP contribution in [0.25, 0.3) is 81.8 Å². The Balaban J connectivity index is 1.20. The van der Waals surface area contributed by atoms with E-state index in [-0.39, 0.29) is 0 Å². The van der Waals surface area contributed by atoms with Crippen molar-refractivity contribution in [2.75, 3.05) is 24.3 Å². The lowest BCUT2D eigenvalue weighted by Crippen LogP contribution is -2.35. The average Bonchev–Trinajstić information content (AvgIpc) is 3.86. The summed E-state index contributed by atoms with van der Waals surface area (Å²) in [5, 5.41) is 10.0. The predicted octanol–water partition coefficient (Wildman–Crippen LogP) is 11.1. The first kappa shape index (κ1) is 30.4. The van der Waals surface area contributed by atoms with Gasteiger partial charge >= 0.3 is 0 Å². The van der Waals surface area contributed by atoms with Crippen LogP contribution in [0.1, 0.15) is 5.56 Å². The van der Waals surface area contributed by atoms with Crippen LogP contribution in [0.5, 0.6) is 0 Å². The highest BCUT2D eigenvalue weighted by atomic mass is 32.1. The number of nitrogens with one attached hydrogen (secondary N) is 1. The Morgan fingerprint density at radius 1 is 0.660 bits per heavy atom. The molecule has 53 heavy (non-hydrogen) atoms. The summed E-state index contributed by atoms with van der Waals surface area (Å²) in [5.41, 5.74) is 16.5. The third-order valence-electron chi connectivity index (χ3n) is 11.1. The van der Waals surface area contributed by atoms with Gasteiger partial charge in [0.2, 0.25) is 7.28 Å². The van der Waals surface area contributed by atoms with Crippen LogP contribution in [0.3, 0.4) is 0 Å². The van der Waals surface area contributed by atoms with Gasteiger partial charge in [-0.25, -0.2) is 0 Å². The van der Waals surface area contributed by atoms with Gasteiger partial charge in [0.05, 0.1) is 16.9 Å². The van der Waals surface area contributed by atoms with E-state index in [4.69, 9.17) is 4.42 Å². The summed E-state index contributed by atoms with van der Waals surface area (Å²) in [6, 6.07) is 50.7. The third kappa shape index (κ3) is 4.55. The van der Waals surface area contributed by atoms with E-state index < -0.39 is 0 Å². The van der Waals surface area contributed by atoms with Crippen molar-refractivity contribution in [2.24, 2.45) is 0 Å². The van der Waals surface area contributed by atoms with Gasteiger partial charge < -0.3 is 19.2 Å². The molecule has 6 heteroatoms. The lowest BCUT2D eigenvalue weighted by atomic mass is 9.62. The van der Waals surface area contributed by atoms with Crippen LogP contribution < -0.4 is 20.5 Å². The van der Waals surface area contributed by atoms with Crippen molar-refractivity contribution < 1.29 is 4.42 Å². The normalized spacial score (nSPS) is 12.2. The Hall–Kier alpha value is -6.24. The summed E-state index contributed by atoms with van der Waals surface area (Å²) in [6.07, 6.45) is 0. The standard InChI is InChI=1S/C47H34BN3OS/c1-27-23-36(34-25-35-32-13-8-10-16-40(32)52-41(35)26-38(34)49-30-18-20-31(21-19-30)50(2)3)44-46-43(27)33-14-7-9-15-39(33)51(46)45-37-24-29(28-11-5-4-6-12-28)17-22-42(37)53-47(45)48-44/h4-26,48-49H,1-3H3. The molecule has 0 aliphatic carbocycles. The molecule has 0 radical (unpaired) electrons. The highest BCUT2D eigenvalue weighted by Gasteiger charge is 2.30. The van der Waals surface area contributed by atoms with Gasteiger partial charge in [-0.15, -0.1) is 11.3 Å². The number of aromatic nitrogens is 1. The monoisotopic (exact) mass is 699 g/mol. The Labute approximate surface area is 311 Å². The maximum atomic E-state index is 6.47. The molecular formula is C47H34BN3OS. The molecule has 3 aromatic heterocycles. The maximum absolute atomic E-state index is 6.47. The average molecular weight is 700 g/mol. The first-order valence-corrected chi connectivity index (χ1v) is 19.0. The van der Waals surface area contributed by atoms with Gasteiger partial charge in [-0.1, -0.05) is 78.9 Å². The number of hydrogen-bond donors (Lipinski definition) is 1. The van der Waals surface area contributed by atoms with Gasteiger partial charge in [-0.2, -0.15) is 0 Å². The number of para-hydroxylation sites is 2. The molecule has 0 saturated heterocycles. The highest BCUT2D eigenvalue weighted by molar-refractivity contribution is 7.29. The van der Waals surface area contributed by atoms with E-state index in [0.29, 0.717) is 0 Å². The van der Waals surface area contributed by atoms with Crippen LogP contribution >= 0.6 is 11.3 Å². The molecule has 1 N–H and O–H groups in total. The molecule has 4 nitrogen and oxygen atoms in total. The van der Waals surface area contributed by atoms with Crippen LogP contribution in [0.15, 0.2) is 144 Å². The van der Waals surface area contributed by atoms with Crippen molar-refractivity contribution in [1.82, 2.24) is 4.57 Å². The largest absolute Gasteiger partial charge is 0.456 e. The minimum Gasteiger partial charge on any atom is -0.456 e. The molecule has 0 atom stereocenters. The predicted molar refractivity (Wildman–Crippen MR) is 230 cm³/mol. The molecule has 0 bridgehead atoms. The van der Waals surface area contributed by atoms with Crippen LogP contribution in [0.4, 0.5) is 17.1 Å². The molecule has 252 valence electrons. The summed E-state index contributed by atoms with van der Waals surface area (Å²) in [4.78, 5) is 2.13. The minimum absolute atomic E-state index is 0.860. The molecule has 0 spiro atoms. The Morgan fingerprint density at radius 2 is 1.43 bits per heavy atom. The van der Waals surface area contributed by atoms with Crippen molar-refractivity contribution in [2.45, 2.75) is 6.92 Å². The summed E-state index contributed by atoms with van der Waals surface area (Å²) in [7, 11) is 5.01. The Bertz CT molecular complexity index is 3100. The van der Waals surface area contributed by atoms with E-state index >= 15 is 0 Å². The van der Waals surface area contributed by atoms with E-state index in [0.717, 1.165) is 46.3 Å². The van der Waals surface area contributed by atoms with Crippen LogP contribution in [0.2, 0.25) is 0 Å². The second-order valence-electron chi connectivity index (χ2n) is 14.5. The summed E-state index contributed by atoms with van der Waals surface area (Å²) in [5.74, 6) is 0. The van der Waals surface area contributed by atoms with Crippen molar-refractivity contribution in [3.05, 3.63) is 145 Å². The third-order valence-corrected chi connectivity index (χ3v) is 12.3. The van der Waals surface area contributed by atoms with Crippen molar-refractivity contribution >= 4 is 99.7 Å². The second kappa shape index (κ2) is 11.4.